The molecule has 2 heterocycles. The number of carbonyl (C=O) groups excluding carboxylic acids is 1. The van der Waals surface area contributed by atoms with E-state index in [9.17, 15) is 4.79 Å². The SMILES string of the molecule is CC(Nc1cc(C(=O)N2CCCc3ccccc32)ncn1)c1ccccc1. The zero-order chi connectivity index (χ0) is 18.6. The molecule has 0 radical (unpaired) electrons. The molecule has 0 saturated carbocycles. The van der Waals surface area contributed by atoms with E-state index in [-0.39, 0.29) is 11.9 Å². The number of anilines is 2. The molecule has 0 saturated heterocycles. The fourth-order valence-electron chi connectivity index (χ4n) is 3.48. The van der Waals surface area contributed by atoms with Crippen LogP contribution < -0.4 is 10.2 Å². The highest BCUT2D eigenvalue weighted by molar-refractivity contribution is 6.05. The Morgan fingerprint density at radius 2 is 1.85 bits per heavy atom. The van der Waals surface area contributed by atoms with Crippen molar-refractivity contribution in [1.82, 2.24) is 9.97 Å². The van der Waals surface area contributed by atoms with Crippen LogP contribution in [0.4, 0.5) is 11.5 Å². The van der Waals surface area contributed by atoms with Crippen molar-refractivity contribution in [1.29, 1.82) is 0 Å². The Balaban J connectivity index is 1.55. The Bertz CT molecular complexity index is 942. The summed E-state index contributed by atoms with van der Waals surface area (Å²) in [4.78, 5) is 23.4. The number of carbonyl (C=O) groups is 1. The van der Waals surface area contributed by atoms with Gasteiger partial charge in [0.1, 0.15) is 17.8 Å². The zero-order valence-electron chi connectivity index (χ0n) is 15.3. The number of hydrogen-bond acceptors (Lipinski definition) is 4. The van der Waals surface area contributed by atoms with E-state index in [1.165, 1.54) is 11.9 Å². The molecule has 1 aliphatic heterocycles. The minimum absolute atomic E-state index is 0.0831. The Labute approximate surface area is 159 Å². The number of fused-ring (bicyclic) bond motifs is 1. The van der Waals surface area contributed by atoms with Gasteiger partial charge in [-0.05, 0) is 37.0 Å². The van der Waals surface area contributed by atoms with Gasteiger partial charge in [-0.25, -0.2) is 9.97 Å². The monoisotopic (exact) mass is 358 g/mol. The van der Waals surface area contributed by atoms with E-state index >= 15 is 0 Å². The third kappa shape index (κ3) is 3.67. The number of aromatic nitrogens is 2. The van der Waals surface area contributed by atoms with Gasteiger partial charge in [-0.2, -0.15) is 0 Å². The summed E-state index contributed by atoms with van der Waals surface area (Å²) in [6.45, 7) is 2.78. The van der Waals surface area contributed by atoms with Crippen LogP contribution in [-0.4, -0.2) is 22.4 Å². The van der Waals surface area contributed by atoms with Gasteiger partial charge in [-0.3, -0.25) is 4.79 Å². The van der Waals surface area contributed by atoms with E-state index in [0.717, 1.165) is 24.1 Å². The number of rotatable bonds is 4. The molecule has 1 aromatic heterocycles. The van der Waals surface area contributed by atoms with Gasteiger partial charge < -0.3 is 10.2 Å². The highest BCUT2D eigenvalue weighted by atomic mass is 16.2. The molecule has 0 aliphatic carbocycles. The summed E-state index contributed by atoms with van der Waals surface area (Å²) < 4.78 is 0. The molecule has 0 bridgehead atoms. The summed E-state index contributed by atoms with van der Waals surface area (Å²) in [6, 6.07) is 20.0. The van der Waals surface area contributed by atoms with Gasteiger partial charge in [0.25, 0.3) is 5.91 Å². The second kappa shape index (κ2) is 7.58. The fourth-order valence-corrected chi connectivity index (χ4v) is 3.48. The van der Waals surface area contributed by atoms with Crippen molar-refractivity contribution in [2.45, 2.75) is 25.8 Å². The maximum absolute atomic E-state index is 13.1. The third-order valence-electron chi connectivity index (χ3n) is 4.91. The number of para-hydroxylation sites is 1. The largest absolute Gasteiger partial charge is 0.363 e. The summed E-state index contributed by atoms with van der Waals surface area (Å²) in [5.74, 6) is 0.565. The van der Waals surface area contributed by atoms with Gasteiger partial charge in [0, 0.05) is 24.3 Å². The Hall–Kier alpha value is -3.21. The fraction of sp³-hybridized carbons (Fsp3) is 0.227. The standard InChI is InChI=1S/C22H22N4O/c1-16(17-8-3-2-4-9-17)25-21-14-19(23-15-24-21)22(27)26-13-7-11-18-10-5-6-12-20(18)26/h2-6,8-10,12,14-16H,7,11,13H2,1H3,(H,23,24,25). The predicted molar refractivity (Wildman–Crippen MR) is 107 cm³/mol. The third-order valence-corrected chi connectivity index (χ3v) is 4.91. The van der Waals surface area contributed by atoms with Crippen LogP contribution in [0.5, 0.6) is 0 Å². The Kier molecular flexibility index (Phi) is 4.83. The number of benzene rings is 2. The molecule has 1 unspecified atom stereocenters. The number of amides is 1. The van der Waals surface area contributed by atoms with E-state index in [4.69, 9.17) is 0 Å². The van der Waals surface area contributed by atoms with E-state index < -0.39 is 0 Å². The van der Waals surface area contributed by atoms with Crippen molar-refractivity contribution in [2.75, 3.05) is 16.8 Å². The van der Waals surface area contributed by atoms with Crippen molar-refractivity contribution in [2.24, 2.45) is 0 Å². The van der Waals surface area contributed by atoms with Crippen molar-refractivity contribution in [3.8, 4) is 0 Å². The molecule has 0 spiro atoms. The molecule has 27 heavy (non-hydrogen) atoms. The van der Waals surface area contributed by atoms with Gasteiger partial charge in [0.15, 0.2) is 0 Å². The molecule has 5 nitrogen and oxygen atoms in total. The lowest BCUT2D eigenvalue weighted by atomic mass is 10.0. The lowest BCUT2D eigenvalue weighted by Gasteiger charge is -2.29. The summed E-state index contributed by atoms with van der Waals surface area (Å²) in [6.07, 6.45) is 3.41. The summed E-state index contributed by atoms with van der Waals surface area (Å²) in [5, 5.41) is 3.35. The Morgan fingerprint density at radius 3 is 2.70 bits per heavy atom. The van der Waals surface area contributed by atoms with Crippen LogP contribution >= 0.6 is 0 Å². The molecular formula is C22H22N4O. The number of nitrogens with one attached hydrogen (secondary N) is 1. The molecule has 1 atom stereocenters. The molecule has 1 N–H and O–H groups in total. The first-order valence-electron chi connectivity index (χ1n) is 9.25. The molecular weight excluding hydrogens is 336 g/mol. The van der Waals surface area contributed by atoms with Crippen molar-refractivity contribution < 1.29 is 4.79 Å². The van der Waals surface area contributed by atoms with Crippen molar-refractivity contribution in [3.63, 3.8) is 0 Å². The van der Waals surface area contributed by atoms with E-state index in [1.807, 2.05) is 41.3 Å². The average Bonchev–Trinajstić information content (AvgIpc) is 2.73. The quantitative estimate of drug-likeness (QED) is 0.758. The Morgan fingerprint density at radius 1 is 1.07 bits per heavy atom. The smallest absolute Gasteiger partial charge is 0.277 e. The van der Waals surface area contributed by atoms with Crippen LogP contribution in [0.3, 0.4) is 0 Å². The van der Waals surface area contributed by atoms with Crippen LogP contribution in [0.2, 0.25) is 0 Å². The van der Waals surface area contributed by atoms with Crippen molar-refractivity contribution >= 4 is 17.4 Å². The van der Waals surface area contributed by atoms with E-state index in [0.29, 0.717) is 18.1 Å². The minimum atomic E-state index is -0.0834. The molecule has 2 aromatic carbocycles. The second-order valence-electron chi connectivity index (χ2n) is 6.75. The van der Waals surface area contributed by atoms with Gasteiger partial charge in [0.05, 0.1) is 0 Å². The summed E-state index contributed by atoms with van der Waals surface area (Å²) in [5.41, 5.74) is 3.76. The van der Waals surface area contributed by atoms with E-state index in [1.54, 1.807) is 6.07 Å². The first-order valence-corrected chi connectivity index (χ1v) is 9.25. The van der Waals surface area contributed by atoms with Gasteiger partial charge in [0.2, 0.25) is 0 Å². The molecule has 0 fully saturated rings. The van der Waals surface area contributed by atoms with Crippen LogP contribution in [0.25, 0.3) is 0 Å². The van der Waals surface area contributed by atoms with Crippen molar-refractivity contribution in [3.05, 3.63) is 83.8 Å². The molecule has 4 rings (SSSR count). The topological polar surface area (TPSA) is 58.1 Å². The van der Waals surface area contributed by atoms with Gasteiger partial charge >= 0.3 is 0 Å². The van der Waals surface area contributed by atoms with Crippen LogP contribution in [0.15, 0.2) is 67.0 Å². The van der Waals surface area contributed by atoms with Crippen LogP contribution in [0.1, 0.15) is 41.0 Å². The van der Waals surface area contributed by atoms with Gasteiger partial charge in [-0.15, -0.1) is 0 Å². The normalized spacial score (nSPS) is 14.3. The lowest BCUT2D eigenvalue weighted by molar-refractivity contribution is 0.0980. The summed E-state index contributed by atoms with van der Waals surface area (Å²) in [7, 11) is 0. The number of aryl methyl sites for hydroxylation is 1. The number of nitrogens with zero attached hydrogens (tertiary/aromatic N) is 3. The molecule has 3 aromatic rings. The van der Waals surface area contributed by atoms with E-state index in [2.05, 4.69) is 40.4 Å². The average molecular weight is 358 g/mol. The predicted octanol–water partition coefficient (Wildman–Crippen LogP) is 4.24. The maximum atomic E-state index is 13.1. The van der Waals surface area contributed by atoms with Gasteiger partial charge in [-0.1, -0.05) is 48.5 Å². The summed E-state index contributed by atoms with van der Waals surface area (Å²) >= 11 is 0. The zero-order valence-corrected chi connectivity index (χ0v) is 15.3. The highest BCUT2D eigenvalue weighted by Crippen LogP contribution is 2.28. The lowest BCUT2D eigenvalue weighted by Crippen LogP contribution is -2.36. The molecule has 5 heteroatoms. The maximum Gasteiger partial charge on any atom is 0.277 e. The number of hydrogen-bond donors (Lipinski definition) is 1. The molecule has 1 aliphatic rings. The minimum Gasteiger partial charge on any atom is -0.363 e. The first kappa shape index (κ1) is 17.2. The van der Waals surface area contributed by atoms with Crippen LogP contribution in [-0.2, 0) is 6.42 Å². The highest BCUT2D eigenvalue weighted by Gasteiger charge is 2.24. The first-order chi connectivity index (χ1) is 13.2. The van der Waals surface area contributed by atoms with Crippen LogP contribution in [0, 0.1) is 0 Å². The second-order valence-corrected chi connectivity index (χ2v) is 6.75. The molecule has 136 valence electrons. The molecule has 1 amide bonds.